The highest BCUT2D eigenvalue weighted by molar-refractivity contribution is 5.33. The molecular formula is C17H28N2O2. The molecule has 1 N–H and O–H groups in total. The molecule has 2 rings (SSSR count). The fourth-order valence-corrected chi connectivity index (χ4v) is 2.48. The minimum Gasteiger partial charge on any atom is -0.493 e. The van der Waals surface area contributed by atoms with Crippen LogP contribution in [0, 0.1) is 0 Å². The highest BCUT2D eigenvalue weighted by Crippen LogP contribution is 2.17. The molecule has 1 aliphatic rings. The molecule has 0 aromatic heterocycles. The number of morpholine rings is 1. The van der Waals surface area contributed by atoms with E-state index in [0.29, 0.717) is 0 Å². The molecule has 1 aromatic carbocycles. The number of hydrogen-bond acceptors (Lipinski definition) is 4. The first-order valence-electron chi connectivity index (χ1n) is 8.11. The van der Waals surface area contributed by atoms with Crippen molar-refractivity contribution in [2.24, 2.45) is 0 Å². The molecule has 21 heavy (non-hydrogen) atoms. The smallest absolute Gasteiger partial charge is 0.123 e. The Morgan fingerprint density at radius 1 is 1.24 bits per heavy atom. The van der Waals surface area contributed by atoms with Gasteiger partial charge in [0.25, 0.3) is 0 Å². The molecule has 0 spiro atoms. The molecule has 0 unspecified atom stereocenters. The van der Waals surface area contributed by atoms with E-state index in [0.717, 1.165) is 64.7 Å². The van der Waals surface area contributed by atoms with Gasteiger partial charge < -0.3 is 14.8 Å². The Balaban J connectivity index is 1.63. The van der Waals surface area contributed by atoms with Crippen molar-refractivity contribution in [2.45, 2.75) is 26.3 Å². The predicted molar refractivity (Wildman–Crippen MR) is 85.8 cm³/mol. The lowest BCUT2D eigenvalue weighted by Crippen LogP contribution is -2.37. The second kappa shape index (κ2) is 9.77. The van der Waals surface area contributed by atoms with Gasteiger partial charge in [-0.2, -0.15) is 0 Å². The number of rotatable bonds is 9. The number of benzene rings is 1. The SMILES string of the molecule is CCCOc1ccccc1CNCCCN1CCOCC1. The minimum absolute atomic E-state index is 0.786. The van der Waals surface area contributed by atoms with Crippen LogP contribution in [0.25, 0.3) is 0 Å². The number of nitrogens with one attached hydrogen (secondary N) is 1. The second-order valence-corrected chi connectivity index (χ2v) is 5.44. The van der Waals surface area contributed by atoms with Crippen LogP contribution in [-0.2, 0) is 11.3 Å². The van der Waals surface area contributed by atoms with E-state index in [1.165, 1.54) is 12.0 Å². The quantitative estimate of drug-likeness (QED) is 0.708. The lowest BCUT2D eigenvalue weighted by atomic mass is 10.2. The third-order valence-corrected chi connectivity index (χ3v) is 3.68. The van der Waals surface area contributed by atoms with Crippen LogP contribution < -0.4 is 10.1 Å². The van der Waals surface area contributed by atoms with Gasteiger partial charge in [0.05, 0.1) is 19.8 Å². The van der Waals surface area contributed by atoms with Gasteiger partial charge in [-0.15, -0.1) is 0 Å². The molecule has 0 aliphatic carbocycles. The lowest BCUT2D eigenvalue weighted by Gasteiger charge is -2.26. The van der Waals surface area contributed by atoms with Gasteiger partial charge in [-0.3, -0.25) is 4.90 Å². The van der Waals surface area contributed by atoms with Crippen molar-refractivity contribution in [1.29, 1.82) is 0 Å². The highest BCUT2D eigenvalue weighted by atomic mass is 16.5. The third-order valence-electron chi connectivity index (χ3n) is 3.68. The first-order valence-corrected chi connectivity index (χ1v) is 8.11. The van der Waals surface area contributed by atoms with Crippen molar-refractivity contribution in [3.8, 4) is 5.75 Å². The average molecular weight is 292 g/mol. The molecule has 4 nitrogen and oxygen atoms in total. The molecular weight excluding hydrogens is 264 g/mol. The van der Waals surface area contributed by atoms with Crippen molar-refractivity contribution in [3.63, 3.8) is 0 Å². The van der Waals surface area contributed by atoms with Crippen LogP contribution in [0.15, 0.2) is 24.3 Å². The van der Waals surface area contributed by atoms with Crippen LogP contribution in [0.4, 0.5) is 0 Å². The van der Waals surface area contributed by atoms with Crippen LogP contribution in [0.1, 0.15) is 25.3 Å². The van der Waals surface area contributed by atoms with Crippen molar-refractivity contribution >= 4 is 0 Å². The Morgan fingerprint density at radius 3 is 2.86 bits per heavy atom. The molecule has 1 saturated heterocycles. The Bertz CT molecular complexity index is 392. The summed E-state index contributed by atoms with van der Waals surface area (Å²) in [5.74, 6) is 1.01. The summed E-state index contributed by atoms with van der Waals surface area (Å²) in [4.78, 5) is 2.48. The molecule has 0 radical (unpaired) electrons. The summed E-state index contributed by atoms with van der Waals surface area (Å²) in [6.45, 7) is 9.92. The summed E-state index contributed by atoms with van der Waals surface area (Å²) < 4.78 is 11.1. The Morgan fingerprint density at radius 2 is 2.05 bits per heavy atom. The van der Waals surface area contributed by atoms with Crippen molar-refractivity contribution in [1.82, 2.24) is 10.2 Å². The number of para-hydroxylation sites is 1. The van der Waals surface area contributed by atoms with Crippen LogP contribution in [-0.4, -0.2) is 50.9 Å². The summed E-state index contributed by atoms with van der Waals surface area (Å²) in [5, 5.41) is 3.52. The molecule has 0 amide bonds. The Hall–Kier alpha value is -1.10. The molecule has 0 saturated carbocycles. The van der Waals surface area contributed by atoms with Crippen molar-refractivity contribution in [3.05, 3.63) is 29.8 Å². The largest absolute Gasteiger partial charge is 0.493 e. The van der Waals surface area contributed by atoms with E-state index in [4.69, 9.17) is 9.47 Å². The molecule has 0 bridgehead atoms. The van der Waals surface area contributed by atoms with Crippen LogP contribution >= 0.6 is 0 Å². The summed E-state index contributed by atoms with van der Waals surface area (Å²) >= 11 is 0. The average Bonchev–Trinajstić information content (AvgIpc) is 2.54. The van der Waals surface area contributed by atoms with Crippen LogP contribution in [0.5, 0.6) is 5.75 Å². The summed E-state index contributed by atoms with van der Waals surface area (Å²) in [7, 11) is 0. The highest BCUT2D eigenvalue weighted by Gasteiger charge is 2.09. The fourth-order valence-electron chi connectivity index (χ4n) is 2.48. The zero-order valence-electron chi connectivity index (χ0n) is 13.1. The first kappa shape index (κ1) is 16.3. The van der Waals surface area contributed by atoms with E-state index in [1.807, 2.05) is 6.07 Å². The molecule has 1 aliphatic heterocycles. The van der Waals surface area contributed by atoms with Gasteiger partial charge in [0.15, 0.2) is 0 Å². The van der Waals surface area contributed by atoms with Gasteiger partial charge >= 0.3 is 0 Å². The zero-order chi connectivity index (χ0) is 14.8. The van der Waals surface area contributed by atoms with Crippen molar-refractivity contribution in [2.75, 3.05) is 46.0 Å². The molecule has 0 atom stereocenters. The fraction of sp³-hybridized carbons (Fsp3) is 0.647. The molecule has 1 fully saturated rings. The summed E-state index contributed by atoms with van der Waals surface area (Å²) in [5.41, 5.74) is 1.25. The van der Waals surface area contributed by atoms with E-state index >= 15 is 0 Å². The standard InChI is InChI=1S/C17H28N2O2/c1-2-12-21-17-7-4-3-6-16(17)15-18-8-5-9-19-10-13-20-14-11-19/h3-4,6-7,18H,2,5,8-15H2,1H3. The maximum atomic E-state index is 5.78. The number of ether oxygens (including phenoxy) is 2. The van der Waals surface area contributed by atoms with Crippen LogP contribution in [0.3, 0.4) is 0 Å². The third kappa shape index (κ3) is 6.04. The van der Waals surface area contributed by atoms with Gasteiger partial charge in [-0.25, -0.2) is 0 Å². The molecule has 118 valence electrons. The number of nitrogens with zero attached hydrogens (tertiary/aromatic N) is 1. The lowest BCUT2D eigenvalue weighted by molar-refractivity contribution is 0.0374. The van der Waals surface area contributed by atoms with E-state index in [9.17, 15) is 0 Å². The summed E-state index contributed by atoms with van der Waals surface area (Å²) in [6, 6.07) is 8.30. The van der Waals surface area contributed by atoms with E-state index in [-0.39, 0.29) is 0 Å². The van der Waals surface area contributed by atoms with Crippen LogP contribution in [0.2, 0.25) is 0 Å². The topological polar surface area (TPSA) is 33.7 Å². The van der Waals surface area contributed by atoms with Gasteiger partial charge in [0.2, 0.25) is 0 Å². The molecule has 4 heteroatoms. The van der Waals surface area contributed by atoms with Gasteiger partial charge in [0.1, 0.15) is 5.75 Å². The van der Waals surface area contributed by atoms with E-state index in [2.05, 4.69) is 35.3 Å². The number of hydrogen-bond donors (Lipinski definition) is 1. The van der Waals surface area contributed by atoms with Gasteiger partial charge in [0, 0.05) is 25.2 Å². The predicted octanol–water partition coefficient (Wildman–Crippen LogP) is 2.29. The van der Waals surface area contributed by atoms with E-state index < -0.39 is 0 Å². The van der Waals surface area contributed by atoms with Gasteiger partial charge in [-0.05, 0) is 32.0 Å². The first-order chi connectivity index (χ1) is 10.4. The van der Waals surface area contributed by atoms with Crippen molar-refractivity contribution < 1.29 is 9.47 Å². The Kier molecular flexibility index (Phi) is 7.57. The molecule has 1 heterocycles. The Labute approximate surface area is 128 Å². The monoisotopic (exact) mass is 292 g/mol. The maximum Gasteiger partial charge on any atom is 0.123 e. The minimum atomic E-state index is 0.786. The normalized spacial score (nSPS) is 16.0. The second-order valence-electron chi connectivity index (χ2n) is 5.44. The summed E-state index contributed by atoms with van der Waals surface area (Å²) in [6.07, 6.45) is 2.22. The molecule has 1 aromatic rings. The van der Waals surface area contributed by atoms with Gasteiger partial charge in [-0.1, -0.05) is 25.1 Å². The maximum absolute atomic E-state index is 5.78. The van der Waals surface area contributed by atoms with E-state index in [1.54, 1.807) is 0 Å². The zero-order valence-corrected chi connectivity index (χ0v) is 13.1.